The molecule has 28 heavy (non-hydrogen) atoms. The maximum absolute atomic E-state index is 12.6. The van der Waals surface area contributed by atoms with Gasteiger partial charge >= 0.3 is 0 Å². The van der Waals surface area contributed by atoms with Gasteiger partial charge in [-0.3, -0.25) is 4.79 Å². The normalized spacial score (nSPS) is 15.6. The van der Waals surface area contributed by atoms with Crippen LogP contribution in [-0.4, -0.2) is 56.3 Å². The van der Waals surface area contributed by atoms with Crippen LogP contribution in [0.2, 0.25) is 0 Å². The van der Waals surface area contributed by atoms with Crippen molar-refractivity contribution in [1.82, 2.24) is 9.21 Å². The van der Waals surface area contributed by atoms with Crippen LogP contribution in [0.15, 0.2) is 59.5 Å². The molecule has 0 N–H and O–H groups in total. The van der Waals surface area contributed by atoms with E-state index >= 15 is 0 Å². The van der Waals surface area contributed by atoms with Crippen LogP contribution < -0.4 is 4.74 Å². The molecule has 0 aromatic heterocycles. The molecular weight excluding hydrogens is 376 g/mol. The number of piperazine rings is 1. The molecule has 1 aliphatic rings. The van der Waals surface area contributed by atoms with Gasteiger partial charge in [-0.1, -0.05) is 44.2 Å². The molecular formula is C21H26N2O4S. The van der Waals surface area contributed by atoms with Gasteiger partial charge in [-0.05, 0) is 35.7 Å². The number of hydrogen-bond donors (Lipinski definition) is 0. The van der Waals surface area contributed by atoms with E-state index in [0.717, 1.165) is 0 Å². The monoisotopic (exact) mass is 402 g/mol. The quantitative estimate of drug-likeness (QED) is 0.745. The van der Waals surface area contributed by atoms with Gasteiger partial charge in [0, 0.05) is 26.2 Å². The Morgan fingerprint density at radius 3 is 2.14 bits per heavy atom. The van der Waals surface area contributed by atoms with E-state index in [1.54, 1.807) is 35.2 Å². The third-order valence-electron chi connectivity index (χ3n) is 4.88. The zero-order chi connectivity index (χ0) is 20.1. The van der Waals surface area contributed by atoms with Crippen molar-refractivity contribution in [3.8, 4) is 5.75 Å². The molecule has 0 bridgehead atoms. The van der Waals surface area contributed by atoms with Crippen molar-refractivity contribution in [2.75, 3.05) is 32.8 Å². The second kappa shape index (κ2) is 8.75. The van der Waals surface area contributed by atoms with Crippen LogP contribution in [0.4, 0.5) is 0 Å². The lowest BCUT2D eigenvalue weighted by molar-refractivity contribution is -0.134. The highest BCUT2D eigenvalue weighted by Crippen LogP contribution is 2.19. The van der Waals surface area contributed by atoms with E-state index in [1.165, 1.54) is 9.87 Å². The number of hydrogen-bond acceptors (Lipinski definition) is 4. The van der Waals surface area contributed by atoms with Gasteiger partial charge in [0.1, 0.15) is 5.75 Å². The van der Waals surface area contributed by atoms with Crippen molar-refractivity contribution in [1.29, 1.82) is 0 Å². The SMILES string of the molecule is CC(C)c1ccc(OCC(=O)N2CCN(S(=O)(=O)c3ccccc3)CC2)cc1. The lowest BCUT2D eigenvalue weighted by Crippen LogP contribution is -2.51. The van der Waals surface area contributed by atoms with Gasteiger partial charge in [0.15, 0.2) is 6.61 Å². The smallest absolute Gasteiger partial charge is 0.260 e. The van der Waals surface area contributed by atoms with E-state index in [0.29, 0.717) is 24.8 Å². The molecule has 1 fully saturated rings. The largest absolute Gasteiger partial charge is 0.484 e. The topological polar surface area (TPSA) is 66.9 Å². The predicted octanol–water partition coefficient (Wildman–Crippen LogP) is 2.72. The summed E-state index contributed by atoms with van der Waals surface area (Å²) in [5.41, 5.74) is 1.22. The second-order valence-corrected chi connectivity index (χ2v) is 9.05. The fourth-order valence-corrected chi connectivity index (χ4v) is 4.55. The van der Waals surface area contributed by atoms with Crippen molar-refractivity contribution in [3.63, 3.8) is 0 Å². The Labute approximate surface area is 166 Å². The molecule has 6 nitrogen and oxygen atoms in total. The third-order valence-corrected chi connectivity index (χ3v) is 6.79. The summed E-state index contributed by atoms with van der Waals surface area (Å²) in [6.07, 6.45) is 0. The van der Waals surface area contributed by atoms with Crippen LogP contribution in [-0.2, 0) is 14.8 Å². The summed E-state index contributed by atoms with van der Waals surface area (Å²) >= 11 is 0. The number of carbonyl (C=O) groups is 1. The van der Waals surface area contributed by atoms with Gasteiger partial charge in [-0.2, -0.15) is 4.31 Å². The molecule has 2 aromatic carbocycles. The molecule has 0 spiro atoms. The summed E-state index contributed by atoms with van der Waals surface area (Å²) in [6, 6.07) is 16.1. The summed E-state index contributed by atoms with van der Waals surface area (Å²) in [4.78, 5) is 14.3. The molecule has 0 saturated carbocycles. The minimum absolute atomic E-state index is 0.0491. The summed E-state index contributed by atoms with van der Waals surface area (Å²) in [5.74, 6) is 0.965. The van der Waals surface area contributed by atoms with Gasteiger partial charge in [-0.15, -0.1) is 0 Å². The van der Waals surface area contributed by atoms with Crippen LogP contribution >= 0.6 is 0 Å². The number of amides is 1. The van der Waals surface area contributed by atoms with Crippen LogP contribution in [0.25, 0.3) is 0 Å². The number of sulfonamides is 1. The number of carbonyl (C=O) groups excluding carboxylic acids is 1. The summed E-state index contributed by atoms with van der Waals surface area (Å²) in [7, 11) is -3.51. The Morgan fingerprint density at radius 1 is 0.964 bits per heavy atom. The fraction of sp³-hybridized carbons (Fsp3) is 0.381. The van der Waals surface area contributed by atoms with Crippen molar-refractivity contribution < 1.29 is 17.9 Å². The van der Waals surface area contributed by atoms with Crippen LogP contribution in [0.1, 0.15) is 25.3 Å². The summed E-state index contributed by atoms with van der Waals surface area (Å²) < 4.78 is 32.3. The third kappa shape index (κ3) is 4.72. The van der Waals surface area contributed by atoms with E-state index in [4.69, 9.17) is 4.74 Å². The van der Waals surface area contributed by atoms with Gasteiger partial charge in [-0.25, -0.2) is 8.42 Å². The first-order valence-electron chi connectivity index (χ1n) is 9.43. The highest BCUT2D eigenvalue weighted by molar-refractivity contribution is 7.89. The molecule has 1 saturated heterocycles. The number of nitrogens with zero attached hydrogens (tertiary/aromatic N) is 2. The van der Waals surface area contributed by atoms with Gasteiger partial charge in [0.05, 0.1) is 4.90 Å². The highest BCUT2D eigenvalue weighted by Gasteiger charge is 2.30. The van der Waals surface area contributed by atoms with E-state index in [1.807, 2.05) is 24.3 Å². The van der Waals surface area contributed by atoms with E-state index in [2.05, 4.69) is 13.8 Å². The van der Waals surface area contributed by atoms with Crippen molar-refractivity contribution in [2.24, 2.45) is 0 Å². The predicted molar refractivity (Wildman–Crippen MR) is 108 cm³/mol. The van der Waals surface area contributed by atoms with Gasteiger partial charge in [0.2, 0.25) is 10.0 Å². The van der Waals surface area contributed by atoms with E-state index in [-0.39, 0.29) is 30.5 Å². The molecule has 0 atom stereocenters. The fourth-order valence-electron chi connectivity index (χ4n) is 3.10. The van der Waals surface area contributed by atoms with Gasteiger partial charge < -0.3 is 9.64 Å². The minimum atomic E-state index is -3.51. The number of ether oxygens (including phenoxy) is 1. The molecule has 7 heteroatoms. The lowest BCUT2D eigenvalue weighted by atomic mass is 10.0. The zero-order valence-electron chi connectivity index (χ0n) is 16.2. The van der Waals surface area contributed by atoms with E-state index < -0.39 is 10.0 Å². The molecule has 1 aliphatic heterocycles. The molecule has 1 amide bonds. The molecule has 1 heterocycles. The maximum atomic E-state index is 12.6. The van der Waals surface area contributed by atoms with Gasteiger partial charge in [0.25, 0.3) is 5.91 Å². The Balaban J connectivity index is 1.51. The Morgan fingerprint density at radius 2 is 1.57 bits per heavy atom. The lowest BCUT2D eigenvalue weighted by Gasteiger charge is -2.34. The van der Waals surface area contributed by atoms with E-state index in [9.17, 15) is 13.2 Å². The zero-order valence-corrected chi connectivity index (χ0v) is 17.1. The standard InChI is InChI=1S/C21H26N2O4S/c1-17(2)18-8-10-19(11-9-18)27-16-21(24)22-12-14-23(15-13-22)28(25,26)20-6-4-3-5-7-20/h3-11,17H,12-16H2,1-2H3. The maximum Gasteiger partial charge on any atom is 0.260 e. The highest BCUT2D eigenvalue weighted by atomic mass is 32.2. The molecule has 2 aromatic rings. The second-order valence-electron chi connectivity index (χ2n) is 7.11. The first kappa shape index (κ1) is 20.4. The summed E-state index contributed by atoms with van der Waals surface area (Å²) in [5, 5.41) is 0. The Bertz CT molecular complexity index is 888. The Hall–Kier alpha value is -2.38. The van der Waals surface area contributed by atoms with Crippen molar-refractivity contribution in [3.05, 3.63) is 60.2 Å². The van der Waals surface area contributed by atoms with Crippen molar-refractivity contribution in [2.45, 2.75) is 24.7 Å². The molecule has 0 aliphatic carbocycles. The molecule has 3 rings (SSSR count). The van der Waals surface area contributed by atoms with Crippen molar-refractivity contribution >= 4 is 15.9 Å². The molecule has 150 valence electrons. The Kier molecular flexibility index (Phi) is 6.36. The first-order chi connectivity index (χ1) is 13.4. The first-order valence-corrected chi connectivity index (χ1v) is 10.9. The van der Waals surface area contributed by atoms with Crippen LogP contribution in [0.5, 0.6) is 5.75 Å². The number of benzene rings is 2. The minimum Gasteiger partial charge on any atom is -0.484 e. The number of rotatable bonds is 6. The average Bonchev–Trinajstić information content (AvgIpc) is 2.73. The summed E-state index contributed by atoms with van der Waals surface area (Å²) in [6.45, 7) is 5.49. The van der Waals surface area contributed by atoms with Crippen LogP contribution in [0, 0.1) is 0 Å². The molecule has 0 radical (unpaired) electrons. The average molecular weight is 403 g/mol. The van der Waals surface area contributed by atoms with Crippen LogP contribution in [0.3, 0.4) is 0 Å². The molecule has 0 unspecified atom stereocenters.